The summed E-state index contributed by atoms with van der Waals surface area (Å²) >= 11 is 0. The van der Waals surface area contributed by atoms with E-state index in [0.29, 0.717) is 0 Å². The lowest BCUT2D eigenvalue weighted by Crippen LogP contribution is -2.23. The fraction of sp³-hybridized carbons (Fsp3) is 0. The summed E-state index contributed by atoms with van der Waals surface area (Å²) in [7, 11) is 0. The molecule has 0 radical (unpaired) electrons. The number of amides is 4. The second-order valence-electron chi connectivity index (χ2n) is 3.74. The summed E-state index contributed by atoms with van der Waals surface area (Å²) in [5, 5.41) is 11.8. The number of nitrogens with zero attached hydrogens (tertiary/aromatic N) is 3. The van der Waals surface area contributed by atoms with E-state index in [-0.39, 0.29) is 17.0 Å². The van der Waals surface area contributed by atoms with Crippen molar-refractivity contribution in [1.29, 1.82) is 0 Å². The molecule has 2 aliphatic heterocycles. The normalized spacial score (nSPS) is 18.3. The Morgan fingerprint density at radius 2 is 1.63 bits per heavy atom. The summed E-state index contributed by atoms with van der Waals surface area (Å²) < 4.78 is 0. The van der Waals surface area contributed by atoms with Gasteiger partial charge in [-0.3, -0.25) is 29.8 Å². The molecule has 0 atom stereocenters. The fourth-order valence-electron chi connectivity index (χ4n) is 1.66. The van der Waals surface area contributed by atoms with Gasteiger partial charge in [-0.1, -0.05) is 0 Å². The van der Waals surface area contributed by atoms with Crippen LogP contribution < -0.4 is 10.6 Å². The van der Waals surface area contributed by atoms with Crippen LogP contribution in [-0.2, 0) is 19.2 Å². The Labute approximate surface area is 105 Å². The summed E-state index contributed by atoms with van der Waals surface area (Å²) in [6, 6.07) is 0. The Morgan fingerprint density at radius 1 is 0.947 bits per heavy atom. The van der Waals surface area contributed by atoms with Crippen LogP contribution in [0, 0.1) is 0 Å². The third-order valence-electron chi connectivity index (χ3n) is 2.48. The Kier molecular flexibility index (Phi) is 2.14. The zero-order valence-corrected chi connectivity index (χ0v) is 9.21. The van der Waals surface area contributed by atoms with E-state index in [1.54, 1.807) is 0 Å². The van der Waals surface area contributed by atoms with Crippen LogP contribution in [0.25, 0.3) is 11.3 Å². The highest BCUT2D eigenvalue weighted by Crippen LogP contribution is 2.16. The molecule has 0 bridgehead atoms. The molecule has 4 amide bonds. The number of rotatable bonds is 2. The van der Waals surface area contributed by atoms with Gasteiger partial charge in [0.05, 0.1) is 11.8 Å². The summed E-state index contributed by atoms with van der Waals surface area (Å²) in [5.41, 5.74) is 0.138. The van der Waals surface area contributed by atoms with Gasteiger partial charge >= 0.3 is 0 Å². The molecule has 3 rings (SSSR count). The number of carbonyl (C=O) groups excluding carboxylic acids is 4. The number of hydrogen-bond acceptors (Lipinski definition) is 6. The summed E-state index contributed by atoms with van der Waals surface area (Å²) in [6.07, 6.45) is 3.35. The van der Waals surface area contributed by atoms with Crippen molar-refractivity contribution in [2.24, 2.45) is 0 Å². The molecule has 0 aliphatic carbocycles. The molecule has 0 fully saturated rings. The number of aromatic nitrogens is 3. The molecule has 0 aromatic carbocycles. The van der Waals surface area contributed by atoms with E-state index in [1.165, 1.54) is 6.20 Å². The van der Waals surface area contributed by atoms with E-state index in [2.05, 4.69) is 15.5 Å². The van der Waals surface area contributed by atoms with Gasteiger partial charge in [0.1, 0.15) is 5.69 Å². The molecule has 9 nitrogen and oxygen atoms in total. The minimum Gasteiger partial charge on any atom is -0.289 e. The van der Waals surface area contributed by atoms with Crippen molar-refractivity contribution < 1.29 is 19.2 Å². The molecule has 0 saturated carbocycles. The predicted molar refractivity (Wildman–Crippen MR) is 58.6 cm³/mol. The maximum absolute atomic E-state index is 11.4. The van der Waals surface area contributed by atoms with Gasteiger partial charge in [-0.15, -0.1) is 9.90 Å². The van der Waals surface area contributed by atoms with E-state index < -0.39 is 23.6 Å². The number of nitrogens with one attached hydrogen (secondary N) is 2. The molecule has 1 aromatic heterocycles. The van der Waals surface area contributed by atoms with Gasteiger partial charge in [-0.25, -0.2) is 0 Å². The maximum atomic E-state index is 11.4. The van der Waals surface area contributed by atoms with Crippen molar-refractivity contribution in [3.05, 3.63) is 24.0 Å². The largest absolute Gasteiger partial charge is 0.289 e. The van der Waals surface area contributed by atoms with Crippen LogP contribution in [0.1, 0.15) is 5.69 Å². The lowest BCUT2D eigenvalue weighted by atomic mass is 10.2. The van der Waals surface area contributed by atoms with Gasteiger partial charge in [0, 0.05) is 12.2 Å². The second-order valence-corrected chi connectivity index (χ2v) is 3.74. The number of hydrogen-bond donors (Lipinski definition) is 2. The molecule has 0 unspecified atom stereocenters. The van der Waals surface area contributed by atoms with Crippen molar-refractivity contribution in [3.63, 3.8) is 0 Å². The van der Waals surface area contributed by atoms with Crippen molar-refractivity contribution in [3.8, 4) is 0 Å². The SMILES string of the molecule is O=C1C=C(c2cnn(C3=CC(=O)NC3=O)n2)C(=O)N1. The molecule has 9 heteroatoms. The zero-order chi connectivity index (χ0) is 13.6. The molecule has 0 spiro atoms. The van der Waals surface area contributed by atoms with E-state index in [1.807, 2.05) is 5.32 Å². The fourth-order valence-corrected chi connectivity index (χ4v) is 1.66. The van der Waals surface area contributed by atoms with Crippen molar-refractivity contribution >= 4 is 34.9 Å². The van der Waals surface area contributed by atoms with Crippen molar-refractivity contribution in [1.82, 2.24) is 25.6 Å². The monoisotopic (exact) mass is 259 g/mol. The van der Waals surface area contributed by atoms with Gasteiger partial charge in [-0.05, 0) is 0 Å². The molecular weight excluding hydrogens is 254 g/mol. The minimum atomic E-state index is -0.631. The van der Waals surface area contributed by atoms with Crippen molar-refractivity contribution in [2.75, 3.05) is 0 Å². The van der Waals surface area contributed by atoms with Gasteiger partial charge in [-0.2, -0.15) is 5.10 Å². The number of imide groups is 2. The third-order valence-corrected chi connectivity index (χ3v) is 2.48. The highest BCUT2D eigenvalue weighted by molar-refractivity contribution is 6.33. The molecule has 2 aliphatic rings. The average Bonchev–Trinajstić information content (AvgIpc) is 2.99. The Bertz CT molecular complexity index is 653. The van der Waals surface area contributed by atoms with Crippen LogP contribution in [-0.4, -0.2) is 38.6 Å². The lowest BCUT2D eigenvalue weighted by Gasteiger charge is -1.96. The first-order chi connectivity index (χ1) is 9.04. The standard InChI is InChI=1S/C10H5N5O4/c16-7-1-4(9(18)12-7)5-3-11-15(14-5)6-2-8(17)13-10(6)19/h1-3H,(H,12,16,18)(H,13,17,19). The molecule has 94 valence electrons. The van der Waals surface area contributed by atoms with Crippen LogP contribution in [0.4, 0.5) is 0 Å². The highest BCUT2D eigenvalue weighted by Gasteiger charge is 2.27. The summed E-state index contributed by atoms with van der Waals surface area (Å²) in [6.45, 7) is 0. The molecule has 19 heavy (non-hydrogen) atoms. The smallest absolute Gasteiger partial charge is 0.278 e. The van der Waals surface area contributed by atoms with Crippen LogP contribution in [0.5, 0.6) is 0 Å². The Hall–Kier alpha value is -3.10. The van der Waals surface area contributed by atoms with Gasteiger partial charge in [0.2, 0.25) is 0 Å². The van der Waals surface area contributed by atoms with Crippen LogP contribution >= 0.6 is 0 Å². The molecule has 2 N–H and O–H groups in total. The topological polar surface area (TPSA) is 123 Å². The van der Waals surface area contributed by atoms with Gasteiger partial charge < -0.3 is 0 Å². The van der Waals surface area contributed by atoms with Crippen molar-refractivity contribution in [2.45, 2.75) is 0 Å². The van der Waals surface area contributed by atoms with Crippen LogP contribution in [0.2, 0.25) is 0 Å². The quantitative estimate of drug-likeness (QED) is 0.582. The van der Waals surface area contributed by atoms with E-state index in [4.69, 9.17) is 0 Å². The van der Waals surface area contributed by atoms with Gasteiger partial charge in [0.15, 0.2) is 5.70 Å². The highest BCUT2D eigenvalue weighted by atomic mass is 16.2. The van der Waals surface area contributed by atoms with Crippen LogP contribution in [0.15, 0.2) is 18.3 Å². The first kappa shape index (κ1) is 11.0. The minimum absolute atomic E-state index is 0.0541. The van der Waals surface area contributed by atoms with E-state index in [0.717, 1.165) is 16.9 Å². The first-order valence-electron chi connectivity index (χ1n) is 5.12. The first-order valence-corrected chi connectivity index (χ1v) is 5.12. The van der Waals surface area contributed by atoms with Gasteiger partial charge in [0.25, 0.3) is 23.6 Å². The molecule has 1 aromatic rings. The number of carbonyl (C=O) groups is 4. The maximum Gasteiger partial charge on any atom is 0.278 e. The summed E-state index contributed by atoms with van der Waals surface area (Å²) in [4.78, 5) is 45.7. The predicted octanol–water partition coefficient (Wildman–Crippen LogP) is -2.18. The van der Waals surface area contributed by atoms with E-state index >= 15 is 0 Å². The third kappa shape index (κ3) is 1.73. The average molecular weight is 259 g/mol. The Morgan fingerprint density at radius 3 is 2.21 bits per heavy atom. The summed E-state index contributed by atoms with van der Waals surface area (Å²) in [5.74, 6) is -2.32. The molecular formula is C10H5N5O4. The lowest BCUT2D eigenvalue weighted by molar-refractivity contribution is -0.124. The molecule has 0 saturated heterocycles. The van der Waals surface area contributed by atoms with Crippen LogP contribution in [0.3, 0.4) is 0 Å². The second kappa shape index (κ2) is 3.70. The zero-order valence-electron chi connectivity index (χ0n) is 9.21. The molecule has 3 heterocycles. The Balaban J connectivity index is 1.97. The van der Waals surface area contributed by atoms with E-state index in [9.17, 15) is 19.2 Å².